The van der Waals surface area contributed by atoms with Gasteiger partial charge in [0.25, 0.3) is 0 Å². The second kappa shape index (κ2) is 12.8. The van der Waals surface area contributed by atoms with Crippen LogP contribution in [0.1, 0.15) is 48.1 Å². The van der Waals surface area contributed by atoms with E-state index in [2.05, 4.69) is 16.6 Å². The molecule has 0 saturated carbocycles. The van der Waals surface area contributed by atoms with E-state index in [4.69, 9.17) is 14.7 Å². The predicted octanol–water partition coefficient (Wildman–Crippen LogP) is 4.50. The van der Waals surface area contributed by atoms with E-state index in [1.807, 2.05) is 37.3 Å². The second-order valence-electron chi connectivity index (χ2n) is 7.48. The highest BCUT2D eigenvalue weighted by molar-refractivity contribution is 5.82. The van der Waals surface area contributed by atoms with E-state index in [0.717, 1.165) is 22.4 Å². The van der Waals surface area contributed by atoms with Crippen LogP contribution in [0.3, 0.4) is 0 Å². The number of hydrogen-bond acceptors (Lipinski definition) is 6. The second-order valence-corrected chi connectivity index (χ2v) is 7.48. The van der Waals surface area contributed by atoms with E-state index in [9.17, 15) is 9.90 Å². The molecule has 3 aromatic carbocycles. The number of carbonyl (C=O) groups excluding carboxylic acids is 1. The molecule has 7 heteroatoms. The summed E-state index contributed by atoms with van der Waals surface area (Å²) < 4.78 is 11.1. The third-order valence-corrected chi connectivity index (χ3v) is 5.04. The fourth-order valence-electron chi connectivity index (χ4n) is 3.19. The van der Waals surface area contributed by atoms with Crippen molar-refractivity contribution in [3.8, 4) is 17.6 Å². The number of nitrogens with one attached hydrogen (secondary N) is 1. The van der Waals surface area contributed by atoms with Gasteiger partial charge < -0.3 is 14.6 Å². The van der Waals surface area contributed by atoms with E-state index in [0.29, 0.717) is 24.5 Å². The van der Waals surface area contributed by atoms with Crippen molar-refractivity contribution in [1.29, 1.82) is 5.26 Å². The van der Waals surface area contributed by atoms with Gasteiger partial charge in [0.05, 0.1) is 30.6 Å². The van der Waals surface area contributed by atoms with Crippen LogP contribution >= 0.6 is 0 Å². The number of benzene rings is 3. The molecule has 3 aromatic rings. The summed E-state index contributed by atoms with van der Waals surface area (Å²) >= 11 is 0. The monoisotopic (exact) mass is 457 g/mol. The summed E-state index contributed by atoms with van der Waals surface area (Å²) in [7, 11) is 0. The number of nitrogens with zero attached hydrogens (tertiary/aromatic N) is 2. The lowest BCUT2D eigenvalue weighted by atomic mass is 10.0. The van der Waals surface area contributed by atoms with Crippen LogP contribution in [0, 0.1) is 11.3 Å². The number of ether oxygens (including phenoxy) is 2. The van der Waals surface area contributed by atoms with Crippen molar-refractivity contribution < 1.29 is 19.4 Å². The molecule has 0 aliphatic rings. The fraction of sp³-hybridized carbons (Fsp3) is 0.222. The summed E-state index contributed by atoms with van der Waals surface area (Å²) in [5, 5.41) is 23.4. The summed E-state index contributed by atoms with van der Waals surface area (Å²) in [5.74, 6) is 1.13. The van der Waals surface area contributed by atoms with E-state index in [1.165, 1.54) is 6.21 Å². The van der Waals surface area contributed by atoms with E-state index in [-0.39, 0.29) is 18.7 Å². The van der Waals surface area contributed by atoms with Gasteiger partial charge in [-0.25, -0.2) is 5.43 Å². The van der Waals surface area contributed by atoms with Crippen molar-refractivity contribution >= 4 is 12.1 Å². The predicted molar refractivity (Wildman–Crippen MR) is 129 cm³/mol. The molecule has 0 aromatic heterocycles. The maximum absolute atomic E-state index is 12.0. The van der Waals surface area contributed by atoms with Crippen molar-refractivity contribution in [2.75, 3.05) is 6.61 Å². The largest absolute Gasteiger partial charge is 0.494 e. The first-order valence-electron chi connectivity index (χ1n) is 11.0. The lowest BCUT2D eigenvalue weighted by Gasteiger charge is -2.11. The smallest absolute Gasteiger partial charge is 0.240 e. The minimum absolute atomic E-state index is 0.142. The molecule has 2 N–H and O–H groups in total. The van der Waals surface area contributed by atoms with Crippen LogP contribution in [-0.4, -0.2) is 23.8 Å². The van der Waals surface area contributed by atoms with Crippen molar-refractivity contribution in [1.82, 2.24) is 5.43 Å². The molecule has 34 heavy (non-hydrogen) atoms. The average molecular weight is 458 g/mol. The van der Waals surface area contributed by atoms with Crippen LogP contribution in [0.15, 0.2) is 77.9 Å². The number of amides is 1. The van der Waals surface area contributed by atoms with E-state index < -0.39 is 6.10 Å². The highest BCUT2D eigenvalue weighted by Crippen LogP contribution is 2.21. The standard InChI is InChI=1S/C27H27N3O4/c1-2-33-24-13-9-21(10-14-24)26(31)15-16-27(32)30-29-18-20-7-11-25(12-8-20)34-19-23-6-4-3-5-22(23)17-28/h3-14,18,26,31H,2,15-16,19H2,1H3,(H,30,32)/b29-18-/t26-/m0/s1. The van der Waals surface area contributed by atoms with Gasteiger partial charge in [0.1, 0.15) is 18.1 Å². The van der Waals surface area contributed by atoms with Crippen LogP contribution in [0.25, 0.3) is 0 Å². The number of hydrazone groups is 1. The zero-order valence-electron chi connectivity index (χ0n) is 19.0. The third-order valence-electron chi connectivity index (χ3n) is 5.04. The summed E-state index contributed by atoms with van der Waals surface area (Å²) in [5.41, 5.74) is 5.42. The molecule has 0 spiro atoms. The van der Waals surface area contributed by atoms with Gasteiger partial charge in [-0.15, -0.1) is 0 Å². The highest BCUT2D eigenvalue weighted by Gasteiger charge is 2.10. The molecule has 0 heterocycles. The number of nitriles is 1. The molecule has 0 saturated heterocycles. The molecule has 0 radical (unpaired) electrons. The SMILES string of the molecule is CCOc1ccc([C@@H](O)CCC(=O)N/N=C\c2ccc(OCc3ccccc3C#N)cc2)cc1. The van der Waals surface area contributed by atoms with Crippen LogP contribution in [0.5, 0.6) is 11.5 Å². The Balaban J connectivity index is 1.41. The van der Waals surface area contributed by atoms with Gasteiger partial charge in [0, 0.05) is 12.0 Å². The Morgan fingerprint density at radius 1 is 1.06 bits per heavy atom. The van der Waals surface area contributed by atoms with Crippen molar-refractivity contribution in [2.45, 2.75) is 32.5 Å². The Morgan fingerprint density at radius 2 is 1.74 bits per heavy atom. The lowest BCUT2D eigenvalue weighted by Crippen LogP contribution is -2.18. The number of hydrogen-bond donors (Lipinski definition) is 2. The van der Waals surface area contributed by atoms with Gasteiger partial charge in [-0.2, -0.15) is 10.4 Å². The molecule has 0 aliphatic heterocycles. The maximum Gasteiger partial charge on any atom is 0.240 e. The number of aliphatic hydroxyl groups is 1. The van der Waals surface area contributed by atoms with Crippen molar-refractivity contribution in [3.63, 3.8) is 0 Å². The van der Waals surface area contributed by atoms with Gasteiger partial charge in [0.15, 0.2) is 0 Å². The Morgan fingerprint density at radius 3 is 2.44 bits per heavy atom. The Labute approximate surface area is 199 Å². The van der Waals surface area contributed by atoms with Crippen molar-refractivity contribution in [2.24, 2.45) is 5.10 Å². The van der Waals surface area contributed by atoms with Crippen molar-refractivity contribution in [3.05, 3.63) is 95.1 Å². The Bertz CT molecular complexity index is 1140. The third kappa shape index (κ3) is 7.47. The van der Waals surface area contributed by atoms with Gasteiger partial charge in [-0.3, -0.25) is 4.79 Å². The number of carbonyl (C=O) groups is 1. The Kier molecular flexibility index (Phi) is 9.20. The molecule has 7 nitrogen and oxygen atoms in total. The minimum atomic E-state index is -0.738. The number of aliphatic hydroxyl groups excluding tert-OH is 1. The van der Waals surface area contributed by atoms with Gasteiger partial charge in [-0.1, -0.05) is 30.3 Å². The van der Waals surface area contributed by atoms with Crippen LogP contribution in [0.2, 0.25) is 0 Å². The van der Waals surface area contributed by atoms with Crippen LogP contribution in [-0.2, 0) is 11.4 Å². The molecule has 174 valence electrons. The first kappa shape index (κ1) is 24.5. The maximum atomic E-state index is 12.0. The van der Waals surface area contributed by atoms with E-state index in [1.54, 1.807) is 42.5 Å². The lowest BCUT2D eigenvalue weighted by molar-refractivity contribution is -0.121. The average Bonchev–Trinajstić information content (AvgIpc) is 2.87. The summed E-state index contributed by atoms with van der Waals surface area (Å²) in [6.07, 6.45) is 1.23. The number of rotatable bonds is 11. The molecule has 0 bridgehead atoms. The topological polar surface area (TPSA) is 104 Å². The summed E-state index contributed by atoms with van der Waals surface area (Å²) in [4.78, 5) is 12.0. The first-order valence-corrected chi connectivity index (χ1v) is 11.0. The first-order chi connectivity index (χ1) is 16.6. The van der Waals surface area contributed by atoms with Gasteiger partial charge >= 0.3 is 0 Å². The summed E-state index contributed by atoms with van der Waals surface area (Å²) in [6.45, 7) is 2.79. The zero-order chi connectivity index (χ0) is 24.2. The van der Waals surface area contributed by atoms with E-state index >= 15 is 0 Å². The molecule has 1 atom stereocenters. The molecule has 0 unspecified atom stereocenters. The molecule has 1 amide bonds. The fourth-order valence-corrected chi connectivity index (χ4v) is 3.19. The van der Waals surface area contributed by atoms with Crippen LogP contribution < -0.4 is 14.9 Å². The molecular formula is C27H27N3O4. The molecular weight excluding hydrogens is 430 g/mol. The molecule has 0 fully saturated rings. The molecule has 3 rings (SSSR count). The quantitative estimate of drug-likeness (QED) is 0.326. The Hall–Kier alpha value is -4.15. The minimum Gasteiger partial charge on any atom is -0.494 e. The van der Waals surface area contributed by atoms with Gasteiger partial charge in [0.2, 0.25) is 5.91 Å². The van der Waals surface area contributed by atoms with Gasteiger partial charge in [-0.05, 0) is 66.9 Å². The zero-order valence-corrected chi connectivity index (χ0v) is 19.0. The highest BCUT2D eigenvalue weighted by atomic mass is 16.5. The normalized spacial score (nSPS) is 11.6. The van der Waals surface area contributed by atoms with Crippen LogP contribution in [0.4, 0.5) is 0 Å². The molecule has 0 aliphatic carbocycles. The summed E-state index contributed by atoms with van der Waals surface area (Å²) in [6, 6.07) is 23.9.